The fourth-order valence-electron chi connectivity index (χ4n) is 2.08. The third-order valence-electron chi connectivity index (χ3n) is 3.39. The molecular formula is C19H14BrN5O2. The monoisotopic (exact) mass is 423 g/mol. The predicted octanol–water partition coefficient (Wildman–Crippen LogP) is 4.73. The third-order valence-corrected chi connectivity index (χ3v) is 3.82. The number of phenols is 1. The minimum atomic E-state index is -0.417. The van der Waals surface area contributed by atoms with Gasteiger partial charge in [0.2, 0.25) is 0 Å². The highest BCUT2D eigenvalue weighted by atomic mass is 79.9. The Morgan fingerprint density at radius 2 is 1.81 bits per heavy atom. The number of phenolic OH excluding ortho intramolecular Hbond substituents is 1. The van der Waals surface area contributed by atoms with Crippen LogP contribution in [0.5, 0.6) is 5.75 Å². The Balaban J connectivity index is 1.70. The van der Waals surface area contributed by atoms with Gasteiger partial charge >= 0.3 is 0 Å². The summed E-state index contributed by atoms with van der Waals surface area (Å²) >= 11 is 3.25. The summed E-state index contributed by atoms with van der Waals surface area (Å²) in [6.45, 7) is 0. The third kappa shape index (κ3) is 5.29. The zero-order valence-corrected chi connectivity index (χ0v) is 15.5. The molecule has 0 aliphatic carbocycles. The molecule has 0 aliphatic rings. The number of halogens is 1. The maximum absolute atomic E-state index is 12.0. The van der Waals surface area contributed by atoms with Gasteiger partial charge < -0.3 is 5.11 Å². The molecule has 3 rings (SSSR count). The zero-order chi connectivity index (χ0) is 19.1. The van der Waals surface area contributed by atoms with Crippen molar-refractivity contribution in [2.45, 2.75) is 0 Å². The van der Waals surface area contributed by atoms with Crippen LogP contribution in [0.25, 0.3) is 0 Å². The van der Waals surface area contributed by atoms with E-state index in [-0.39, 0.29) is 5.75 Å². The van der Waals surface area contributed by atoms with Crippen LogP contribution < -0.4 is 5.43 Å². The topological polar surface area (TPSA) is 99.3 Å². The van der Waals surface area contributed by atoms with Crippen molar-refractivity contribution in [1.29, 1.82) is 0 Å². The maximum atomic E-state index is 12.0. The number of carbonyl (C=O) groups is 1. The van der Waals surface area contributed by atoms with Crippen LogP contribution in [0.15, 0.2) is 86.8 Å². The molecule has 7 nitrogen and oxygen atoms in total. The van der Waals surface area contributed by atoms with Gasteiger partial charge in [0.25, 0.3) is 5.91 Å². The van der Waals surface area contributed by atoms with E-state index < -0.39 is 5.91 Å². The Bertz CT molecular complexity index is 1010. The fourth-order valence-corrected chi connectivity index (χ4v) is 2.44. The minimum Gasteiger partial charge on any atom is -0.507 e. The smallest absolute Gasteiger partial charge is 0.272 e. The van der Waals surface area contributed by atoms with Gasteiger partial charge in [-0.05, 0) is 52.3 Å². The Kier molecular flexibility index (Phi) is 6.01. The highest BCUT2D eigenvalue weighted by Gasteiger charge is 2.05. The van der Waals surface area contributed by atoms with Crippen molar-refractivity contribution in [2.24, 2.45) is 15.3 Å². The summed E-state index contributed by atoms with van der Waals surface area (Å²) in [5.41, 5.74) is 4.40. The van der Waals surface area contributed by atoms with Crippen molar-refractivity contribution < 1.29 is 9.90 Å². The van der Waals surface area contributed by atoms with E-state index in [0.29, 0.717) is 21.3 Å². The van der Waals surface area contributed by atoms with Gasteiger partial charge in [-0.1, -0.05) is 18.2 Å². The van der Waals surface area contributed by atoms with Gasteiger partial charge in [-0.15, -0.1) is 0 Å². The van der Waals surface area contributed by atoms with E-state index in [1.54, 1.807) is 24.4 Å². The molecule has 1 aromatic heterocycles. The number of nitrogens with zero attached hydrogens (tertiary/aromatic N) is 4. The Morgan fingerprint density at radius 3 is 2.59 bits per heavy atom. The number of carbonyl (C=O) groups excluding carboxylic acids is 1. The summed E-state index contributed by atoms with van der Waals surface area (Å²) in [6.07, 6.45) is 4.34. The quantitative estimate of drug-likeness (QED) is 0.352. The molecule has 8 heteroatoms. The Morgan fingerprint density at radius 1 is 1.04 bits per heavy atom. The number of hydrogen-bond acceptors (Lipinski definition) is 6. The van der Waals surface area contributed by atoms with E-state index in [4.69, 9.17) is 0 Å². The summed E-state index contributed by atoms with van der Waals surface area (Å²) in [4.78, 5) is 15.9. The van der Waals surface area contributed by atoms with Crippen LogP contribution in [0.2, 0.25) is 0 Å². The van der Waals surface area contributed by atoms with E-state index in [2.05, 4.69) is 41.7 Å². The first-order valence-electron chi connectivity index (χ1n) is 7.85. The van der Waals surface area contributed by atoms with Crippen LogP contribution >= 0.6 is 15.9 Å². The number of pyridine rings is 1. The van der Waals surface area contributed by atoms with Crippen molar-refractivity contribution in [2.75, 3.05) is 0 Å². The van der Waals surface area contributed by atoms with Gasteiger partial charge in [0.05, 0.1) is 23.2 Å². The number of hydrazone groups is 1. The molecule has 0 saturated carbocycles. The largest absolute Gasteiger partial charge is 0.507 e. The van der Waals surface area contributed by atoms with Gasteiger partial charge in [0.15, 0.2) is 0 Å². The summed E-state index contributed by atoms with van der Waals surface area (Å²) < 4.78 is 0.688. The highest BCUT2D eigenvalue weighted by molar-refractivity contribution is 9.10. The molecule has 0 atom stereocenters. The van der Waals surface area contributed by atoms with Crippen LogP contribution in [0.1, 0.15) is 15.9 Å². The number of aromatic hydroxyl groups is 1. The van der Waals surface area contributed by atoms with Gasteiger partial charge in [-0.3, -0.25) is 9.78 Å². The average Bonchev–Trinajstić information content (AvgIpc) is 2.69. The lowest BCUT2D eigenvalue weighted by Gasteiger charge is -2.02. The molecule has 0 aliphatic heterocycles. The van der Waals surface area contributed by atoms with Crippen LogP contribution in [-0.4, -0.2) is 22.2 Å². The second kappa shape index (κ2) is 8.81. The lowest BCUT2D eigenvalue weighted by molar-refractivity contribution is 0.0954. The van der Waals surface area contributed by atoms with Crippen molar-refractivity contribution >= 4 is 39.4 Å². The standard InChI is InChI=1S/C19H14BrN5O2/c20-15-8-14(10-21-12-15)19(27)25-22-11-13-9-17(6-7-18(13)26)24-23-16-4-2-1-3-5-16/h1-12,26H,(H,25,27). The average molecular weight is 424 g/mol. The van der Waals surface area contributed by atoms with Crippen LogP contribution in [0, 0.1) is 0 Å². The lowest BCUT2D eigenvalue weighted by atomic mass is 10.2. The Hall–Kier alpha value is -3.39. The SMILES string of the molecule is O=C(NN=Cc1cc(N=Nc2ccccc2)ccc1O)c1cncc(Br)c1. The fraction of sp³-hybridized carbons (Fsp3) is 0. The Labute approximate surface area is 163 Å². The molecule has 0 spiro atoms. The molecule has 1 amide bonds. The van der Waals surface area contributed by atoms with Gasteiger partial charge in [-0.25, -0.2) is 5.43 Å². The molecule has 2 N–H and O–H groups in total. The molecule has 2 aromatic carbocycles. The van der Waals surface area contributed by atoms with Crippen molar-refractivity contribution in [3.8, 4) is 5.75 Å². The first-order valence-corrected chi connectivity index (χ1v) is 8.65. The van der Waals surface area contributed by atoms with E-state index >= 15 is 0 Å². The summed E-state index contributed by atoms with van der Waals surface area (Å²) in [6, 6.07) is 15.6. The van der Waals surface area contributed by atoms with Crippen molar-refractivity contribution in [3.63, 3.8) is 0 Å². The molecule has 0 bridgehead atoms. The molecule has 134 valence electrons. The van der Waals surface area contributed by atoms with Crippen molar-refractivity contribution in [1.82, 2.24) is 10.4 Å². The van der Waals surface area contributed by atoms with Crippen molar-refractivity contribution in [3.05, 3.63) is 82.6 Å². The number of aromatic nitrogens is 1. The number of rotatable bonds is 5. The molecule has 1 heterocycles. The summed E-state index contributed by atoms with van der Waals surface area (Å²) in [5, 5.41) is 22.1. The van der Waals surface area contributed by atoms with Gasteiger partial charge in [-0.2, -0.15) is 15.3 Å². The van der Waals surface area contributed by atoms with Crippen LogP contribution in [0.4, 0.5) is 11.4 Å². The molecule has 27 heavy (non-hydrogen) atoms. The number of hydrogen-bond donors (Lipinski definition) is 2. The van der Waals surface area contributed by atoms with E-state index in [0.717, 1.165) is 5.69 Å². The van der Waals surface area contributed by atoms with E-state index in [1.165, 1.54) is 18.5 Å². The molecule has 3 aromatic rings. The zero-order valence-electron chi connectivity index (χ0n) is 14.0. The molecular weight excluding hydrogens is 410 g/mol. The molecule has 0 radical (unpaired) electrons. The molecule has 0 unspecified atom stereocenters. The van der Waals surface area contributed by atoms with Crippen LogP contribution in [0.3, 0.4) is 0 Å². The number of amides is 1. The maximum Gasteiger partial charge on any atom is 0.272 e. The van der Waals surface area contributed by atoms with Gasteiger partial charge in [0.1, 0.15) is 5.75 Å². The molecule has 0 saturated heterocycles. The van der Waals surface area contributed by atoms with Gasteiger partial charge in [0, 0.05) is 22.4 Å². The first-order chi connectivity index (χ1) is 13.1. The normalized spacial score (nSPS) is 11.1. The second-order valence-corrected chi connectivity index (χ2v) is 6.29. The number of benzene rings is 2. The minimum absolute atomic E-state index is 0.00998. The molecule has 0 fully saturated rings. The number of nitrogens with one attached hydrogen (secondary N) is 1. The second-order valence-electron chi connectivity index (χ2n) is 5.37. The van der Waals surface area contributed by atoms with Crippen LogP contribution in [-0.2, 0) is 0 Å². The van der Waals surface area contributed by atoms with E-state index in [9.17, 15) is 9.90 Å². The highest BCUT2D eigenvalue weighted by Crippen LogP contribution is 2.24. The van der Waals surface area contributed by atoms with E-state index in [1.807, 2.05) is 30.3 Å². The summed E-state index contributed by atoms with van der Waals surface area (Å²) in [5.74, 6) is -0.407. The number of azo groups is 1. The lowest BCUT2D eigenvalue weighted by Crippen LogP contribution is -2.17. The summed E-state index contributed by atoms with van der Waals surface area (Å²) in [7, 11) is 0. The predicted molar refractivity (Wildman–Crippen MR) is 106 cm³/mol. The first kappa shape index (κ1) is 18.4.